The number of halogens is 3. The number of hydrogen-bond acceptors (Lipinski definition) is 3. The molecule has 0 spiro atoms. The van der Waals surface area contributed by atoms with Crippen molar-refractivity contribution in [2.45, 2.75) is 38.9 Å². The summed E-state index contributed by atoms with van der Waals surface area (Å²) in [6.45, 7) is 4.13. The van der Waals surface area contributed by atoms with Crippen molar-refractivity contribution in [3.63, 3.8) is 0 Å². The van der Waals surface area contributed by atoms with Gasteiger partial charge < -0.3 is 14.6 Å². The Bertz CT molecular complexity index is 850. The van der Waals surface area contributed by atoms with Crippen molar-refractivity contribution >= 4 is 60.4 Å². The second-order valence-electron chi connectivity index (χ2n) is 6.42. The summed E-state index contributed by atoms with van der Waals surface area (Å²) < 4.78 is 14.5. The maximum atomic E-state index is 11.3. The minimum atomic E-state index is -0.949. The van der Waals surface area contributed by atoms with Crippen LogP contribution in [0.5, 0.6) is 5.75 Å². The van der Waals surface area contributed by atoms with Crippen LogP contribution >= 0.6 is 54.5 Å². The van der Waals surface area contributed by atoms with Gasteiger partial charge in [0.25, 0.3) is 0 Å². The number of aliphatic carboxylic acids is 1. The molecule has 0 aliphatic heterocycles. The first-order valence-electron chi connectivity index (χ1n) is 9.19. The van der Waals surface area contributed by atoms with Gasteiger partial charge in [-0.25, -0.2) is 4.79 Å². The minimum Gasteiger partial charge on any atom is -0.485 e. The van der Waals surface area contributed by atoms with E-state index in [1.807, 2.05) is 43.3 Å². The number of carboxylic acids is 1. The van der Waals surface area contributed by atoms with E-state index in [4.69, 9.17) is 9.47 Å². The molecular formula is C22H23Br2IO4. The van der Waals surface area contributed by atoms with E-state index >= 15 is 0 Å². The Morgan fingerprint density at radius 1 is 1.14 bits per heavy atom. The molecule has 0 aromatic heterocycles. The van der Waals surface area contributed by atoms with Gasteiger partial charge >= 0.3 is 5.97 Å². The van der Waals surface area contributed by atoms with Crippen LogP contribution in [0, 0.1) is 3.57 Å². The van der Waals surface area contributed by atoms with Gasteiger partial charge in [0.2, 0.25) is 0 Å². The molecule has 2 aromatic rings. The number of rotatable bonds is 10. The van der Waals surface area contributed by atoms with Crippen LogP contribution in [0.4, 0.5) is 0 Å². The third-order valence-corrected chi connectivity index (χ3v) is 5.86. The van der Waals surface area contributed by atoms with Gasteiger partial charge in [0.15, 0.2) is 6.10 Å². The summed E-state index contributed by atoms with van der Waals surface area (Å²) >= 11 is 9.28. The molecule has 0 heterocycles. The first kappa shape index (κ1) is 24.4. The summed E-state index contributed by atoms with van der Waals surface area (Å²) in [6, 6.07) is 11.9. The number of carbonyl (C=O) groups is 1. The lowest BCUT2D eigenvalue weighted by Crippen LogP contribution is -2.26. The molecule has 0 fully saturated rings. The predicted octanol–water partition coefficient (Wildman–Crippen LogP) is 6.41. The highest BCUT2D eigenvalue weighted by molar-refractivity contribution is 14.1. The van der Waals surface area contributed by atoms with Crippen LogP contribution in [0.2, 0.25) is 0 Å². The van der Waals surface area contributed by atoms with E-state index in [1.54, 1.807) is 6.92 Å². The van der Waals surface area contributed by atoms with Gasteiger partial charge in [0.05, 0.1) is 3.57 Å². The highest BCUT2D eigenvalue weighted by Gasteiger charge is 2.19. The lowest BCUT2D eigenvalue weighted by atomic mass is 10.1. The number of benzene rings is 2. The Morgan fingerprint density at radius 3 is 2.38 bits per heavy atom. The monoisotopic (exact) mass is 636 g/mol. The van der Waals surface area contributed by atoms with Crippen LogP contribution in [0.25, 0.3) is 0 Å². The molecule has 29 heavy (non-hydrogen) atoms. The summed E-state index contributed by atoms with van der Waals surface area (Å²) in [4.78, 5) is 11.3. The first-order chi connectivity index (χ1) is 13.8. The second-order valence-corrected chi connectivity index (χ2v) is 9.41. The van der Waals surface area contributed by atoms with Crippen molar-refractivity contribution in [3.05, 3.63) is 72.2 Å². The van der Waals surface area contributed by atoms with E-state index < -0.39 is 12.1 Å². The van der Waals surface area contributed by atoms with Gasteiger partial charge in [0, 0.05) is 28.4 Å². The van der Waals surface area contributed by atoms with E-state index in [-0.39, 0.29) is 6.10 Å². The fraction of sp³-hybridized carbons (Fsp3) is 0.318. The summed E-state index contributed by atoms with van der Waals surface area (Å²) in [5.41, 5.74) is 2.06. The Labute approximate surface area is 202 Å². The summed E-state index contributed by atoms with van der Waals surface area (Å²) in [6.07, 6.45) is 4.12. The van der Waals surface area contributed by atoms with Gasteiger partial charge in [-0.05, 0) is 84.0 Å². The van der Waals surface area contributed by atoms with Crippen molar-refractivity contribution in [1.29, 1.82) is 0 Å². The van der Waals surface area contributed by atoms with Crippen molar-refractivity contribution in [2.75, 3.05) is 6.61 Å². The molecule has 0 saturated carbocycles. The van der Waals surface area contributed by atoms with Gasteiger partial charge in [-0.15, -0.1) is 0 Å². The Kier molecular flexibility index (Phi) is 10.1. The van der Waals surface area contributed by atoms with E-state index in [9.17, 15) is 9.90 Å². The van der Waals surface area contributed by atoms with E-state index in [0.29, 0.717) is 13.0 Å². The zero-order valence-electron chi connectivity index (χ0n) is 16.2. The molecular weight excluding hydrogens is 615 g/mol. The van der Waals surface area contributed by atoms with Gasteiger partial charge in [-0.3, -0.25) is 0 Å². The summed E-state index contributed by atoms with van der Waals surface area (Å²) in [5.74, 6) is -0.176. The van der Waals surface area contributed by atoms with E-state index in [0.717, 1.165) is 35.8 Å². The number of ether oxygens (including phenoxy) is 2. The van der Waals surface area contributed by atoms with Crippen molar-refractivity contribution in [2.24, 2.45) is 0 Å². The summed E-state index contributed by atoms with van der Waals surface area (Å²) in [5, 5.41) is 9.28. The van der Waals surface area contributed by atoms with Crippen LogP contribution in [0.1, 0.15) is 25.0 Å². The fourth-order valence-corrected chi connectivity index (χ4v) is 4.98. The SMILES string of the molecule is C/C=C\C(Cc1cc(Br)cc(Br)c1)Oc1ccc(C[C@H](OCC)C(=O)O)cc1I. The molecule has 2 rings (SSSR count). The van der Waals surface area contributed by atoms with Gasteiger partial charge in [-0.1, -0.05) is 44.0 Å². The minimum absolute atomic E-state index is 0.115. The molecule has 2 atom stereocenters. The average Bonchev–Trinajstić information content (AvgIpc) is 2.62. The Morgan fingerprint density at radius 2 is 1.83 bits per heavy atom. The molecule has 156 valence electrons. The van der Waals surface area contributed by atoms with Crippen LogP contribution in [-0.2, 0) is 22.4 Å². The quantitative estimate of drug-likeness (QED) is 0.242. The molecule has 0 amide bonds. The molecule has 0 radical (unpaired) electrons. The summed E-state index contributed by atoms with van der Waals surface area (Å²) in [7, 11) is 0. The maximum absolute atomic E-state index is 11.3. The zero-order valence-corrected chi connectivity index (χ0v) is 21.5. The molecule has 0 bridgehead atoms. The zero-order chi connectivity index (χ0) is 21.4. The molecule has 4 nitrogen and oxygen atoms in total. The second kappa shape index (κ2) is 12.1. The standard InChI is InChI=1S/C22H23Br2IO4/c1-3-5-18(10-15-8-16(23)13-17(24)9-15)29-20-7-6-14(11-19(20)25)12-21(22(26)27)28-4-2/h3,5-9,11,13,18,21H,4,10,12H2,1-2H3,(H,26,27)/b5-3-/t18?,21-/m0/s1. The van der Waals surface area contributed by atoms with Crippen molar-refractivity contribution in [1.82, 2.24) is 0 Å². The van der Waals surface area contributed by atoms with Crippen molar-refractivity contribution < 1.29 is 19.4 Å². The molecule has 0 aliphatic carbocycles. The topological polar surface area (TPSA) is 55.8 Å². The highest BCUT2D eigenvalue weighted by Crippen LogP contribution is 2.26. The molecule has 0 aliphatic rings. The fourth-order valence-electron chi connectivity index (χ4n) is 2.89. The maximum Gasteiger partial charge on any atom is 0.333 e. The van der Waals surface area contributed by atoms with Crippen LogP contribution in [-0.4, -0.2) is 29.9 Å². The molecule has 1 N–H and O–H groups in total. The lowest BCUT2D eigenvalue weighted by molar-refractivity contribution is -0.149. The normalized spacial score (nSPS) is 13.4. The van der Waals surface area contributed by atoms with Crippen LogP contribution in [0.15, 0.2) is 57.5 Å². The molecule has 2 aromatic carbocycles. The van der Waals surface area contributed by atoms with Crippen molar-refractivity contribution in [3.8, 4) is 5.75 Å². The number of allylic oxidation sites excluding steroid dienone is 1. The van der Waals surface area contributed by atoms with E-state index in [2.05, 4.69) is 66.6 Å². The first-order valence-corrected chi connectivity index (χ1v) is 11.9. The molecule has 7 heteroatoms. The third-order valence-electron chi connectivity index (χ3n) is 4.11. The van der Waals surface area contributed by atoms with Crippen LogP contribution in [0.3, 0.4) is 0 Å². The highest BCUT2D eigenvalue weighted by atomic mass is 127. The molecule has 0 saturated heterocycles. The average molecular weight is 638 g/mol. The third kappa shape index (κ3) is 8.03. The van der Waals surface area contributed by atoms with Gasteiger partial charge in [0.1, 0.15) is 11.9 Å². The smallest absolute Gasteiger partial charge is 0.333 e. The predicted molar refractivity (Wildman–Crippen MR) is 131 cm³/mol. The largest absolute Gasteiger partial charge is 0.485 e. The number of carboxylic acid groups (broad SMARTS) is 1. The number of hydrogen-bond donors (Lipinski definition) is 1. The molecule has 1 unspecified atom stereocenters. The lowest BCUT2D eigenvalue weighted by Gasteiger charge is -2.19. The van der Waals surface area contributed by atoms with E-state index in [1.165, 1.54) is 0 Å². The Hall–Kier alpha value is -0.900. The van der Waals surface area contributed by atoms with Gasteiger partial charge in [-0.2, -0.15) is 0 Å². The Balaban J connectivity index is 2.14. The van der Waals surface area contributed by atoms with Crippen LogP contribution < -0.4 is 4.74 Å².